The summed E-state index contributed by atoms with van der Waals surface area (Å²) < 4.78 is 10.3. The summed E-state index contributed by atoms with van der Waals surface area (Å²) in [7, 11) is 2.98. The van der Waals surface area contributed by atoms with Gasteiger partial charge in [-0.3, -0.25) is 28.5 Å². The van der Waals surface area contributed by atoms with E-state index in [9.17, 15) is 14.4 Å². The maximum Gasteiger partial charge on any atom is 0.332 e. The first-order chi connectivity index (χ1) is 17.3. The molecular formula is C24H29N7O4S. The minimum absolute atomic E-state index is 0.0962. The van der Waals surface area contributed by atoms with Gasteiger partial charge in [0.2, 0.25) is 5.91 Å². The van der Waals surface area contributed by atoms with Crippen LogP contribution in [0.5, 0.6) is 0 Å². The fourth-order valence-electron chi connectivity index (χ4n) is 4.47. The Morgan fingerprint density at radius 1 is 1.14 bits per heavy atom. The number of hydrogen-bond donors (Lipinski definition) is 0. The second-order valence-electron chi connectivity index (χ2n) is 9.10. The summed E-state index contributed by atoms with van der Waals surface area (Å²) in [4.78, 5) is 51.9. The zero-order valence-electron chi connectivity index (χ0n) is 20.9. The molecule has 4 aromatic rings. The van der Waals surface area contributed by atoms with E-state index < -0.39 is 11.2 Å². The molecule has 4 heterocycles. The number of aryl methyl sites for hydroxylation is 3. The van der Waals surface area contributed by atoms with Gasteiger partial charge in [0.1, 0.15) is 6.54 Å². The predicted octanol–water partition coefficient (Wildman–Crippen LogP) is 1.03. The Morgan fingerprint density at radius 3 is 2.64 bits per heavy atom. The van der Waals surface area contributed by atoms with E-state index in [4.69, 9.17) is 9.72 Å². The van der Waals surface area contributed by atoms with Crippen LogP contribution in [0.15, 0.2) is 28.0 Å². The van der Waals surface area contributed by atoms with Crippen LogP contribution in [0.1, 0.15) is 11.1 Å². The highest BCUT2D eigenvalue weighted by Gasteiger charge is 2.24. The van der Waals surface area contributed by atoms with Crippen LogP contribution < -0.4 is 16.1 Å². The molecule has 11 nitrogen and oxygen atoms in total. The molecule has 0 radical (unpaired) electrons. The zero-order chi connectivity index (χ0) is 25.6. The van der Waals surface area contributed by atoms with Gasteiger partial charge < -0.3 is 9.30 Å². The van der Waals surface area contributed by atoms with Crippen LogP contribution >= 0.6 is 11.3 Å². The van der Waals surface area contributed by atoms with Gasteiger partial charge >= 0.3 is 5.69 Å². The normalized spacial score (nSPS) is 14.7. The van der Waals surface area contributed by atoms with Crippen molar-refractivity contribution in [3.8, 4) is 0 Å². The molecule has 190 valence electrons. The molecule has 36 heavy (non-hydrogen) atoms. The maximum atomic E-state index is 13.7. The number of carbonyl (C=O) groups is 1. The highest BCUT2D eigenvalue weighted by Crippen LogP contribution is 2.32. The van der Waals surface area contributed by atoms with Gasteiger partial charge in [-0.2, -0.15) is 0 Å². The number of fused-ring (bicyclic) bond motifs is 2. The van der Waals surface area contributed by atoms with Gasteiger partial charge in [0.25, 0.3) is 5.56 Å². The van der Waals surface area contributed by atoms with Crippen LogP contribution in [0.3, 0.4) is 0 Å². The van der Waals surface area contributed by atoms with Crippen molar-refractivity contribution in [2.45, 2.75) is 20.4 Å². The molecule has 12 heteroatoms. The third-order valence-electron chi connectivity index (χ3n) is 6.87. The van der Waals surface area contributed by atoms with Crippen LogP contribution in [0.4, 0.5) is 5.13 Å². The Bertz CT molecular complexity index is 1580. The Morgan fingerprint density at radius 2 is 1.89 bits per heavy atom. The zero-order valence-corrected chi connectivity index (χ0v) is 21.7. The molecule has 1 fully saturated rings. The minimum atomic E-state index is -0.482. The van der Waals surface area contributed by atoms with Crippen molar-refractivity contribution in [3.05, 3.63) is 50.4 Å². The lowest BCUT2D eigenvalue weighted by Gasteiger charge is -2.29. The lowest BCUT2D eigenvalue weighted by molar-refractivity contribution is -0.119. The van der Waals surface area contributed by atoms with Crippen molar-refractivity contribution in [3.63, 3.8) is 0 Å². The van der Waals surface area contributed by atoms with E-state index in [0.29, 0.717) is 31.4 Å². The highest BCUT2D eigenvalue weighted by atomic mass is 32.1. The smallest absolute Gasteiger partial charge is 0.332 e. The van der Waals surface area contributed by atoms with Crippen LogP contribution in [0.2, 0.25) is 0 Å². The Balaban J connectivity index is 1.50. The molecule has 0 bridgehead atoms. The third-order valence-corrected chi connectivity index (χ3v) is 7.92. The molecule has 1 aromatic carbocycles. The fourth-order valence-corrected chi connectivity index (χ4v) is 5.54. The fraction of sp³-hybridized carbons (Fsp3) is 0.458. The van der Waals surface area contributed by atoms with Crippen molar-refractivity contribution in [1.82, 2.24) is 28.6 Å². The van der Waals surface area contributed by atoms with Crippen molar-refractivity contribution in [1.29, 1.82) is 0 Å². The highest BCUT2D eigenvalue weighted by molar-refractivity contribution is 7.22. The standard InChI is InChI=1S/C24H29N7O4S/c1-15-5-6-17-19(16(15)2)26-23(36-17)31(8-7-29-9-11-35-12-10-29)18(32)13-30-14-25-21-20(30)22(33)28(4)24(34)27(21)3/h5-6,14H,7-13H2,1-4H3. The number of anilines is 1. The largest absolute Gasteiger partial charge is 0.379 e. The van der Waals surface area contributed by atoms with E-state index in [1.54, 1.807) is 11.9 Å². The second kappa shape index (κ2) is 9.60. The first kappa shape index (κ1) is 24.3. The van der Waals surface area contributed by atoms with E-state index in [1.165, 1.54) is 33.8 Å². The van der Waals surface area contributed by atoms with E-state index >= 15 is 0 Å². The summed E-state index contributed by atoms with van der Waals surface area (Å²) in [5, 5.41) is 0.627. The van der Waals surface area contributed by atoms with Gasteiger partial charge in [-0.05, 0) is 31.0 Å². The van der Waals surface area contributed by atoms with E-state index in [1.807, 2.05) is 19.9 Å². The van der Waals surface area contributed by atoms with Crippen LogP contribution in [-0.4, -0.2) is 73.9 Å². The number of amides is 1. The Hall–Kier alpha value is -3.35. The number of aromatic nitrogens is 5. The maximum absolute atomic E-state index is 13.7. The van der Waals surface area contributed by atoms with Crippen molar-refractivity contribution < 1.29 is 9.53 Å². The number of nitrogens with zero attached hydrogens (tertiary/aromatic N) is 7. The molecule has 0 aliphatic carbocycles. The summed E-state index contributed by atoms with van der Waals surface area (Å²) in [6.45, 7) is 8.12. The first-order valence-electron chi connectivity index (χ1n) is 11.8. The van der Waals surface area contributed by atoms with Crippen molar-refractivity contribution >= 4 is 43.8 Å². The van der Waals surface area contributed by atoms with Gasteiger partial charge in [0.15, 0.2) is 16.3 Å². The molecule has 1 amide bonds. The summed E-state index contributed by atoms with van der Waals surface area (Å²) >= 11 is 1.48. The minimum Gasteiger partial charge on any atom is -0.379 e. The van der Waals surface area contributed by atoms with Crippen LogP contribution in [-0.2, 0) is 30.2 Å². The second-order valence-corrected chi connectivity index (χ2v) is 10.1. The molecule has 1 aliphatic heterocycles. The summed E-state index contributed by atoms with van der Waals surface area (Å²) in [6, 6.07) is 4.11. The van der Waals surface area contributed by atoms with Gasteiger partial charge in [-0.25, -0.2) is 14.8 Å². The van der Waals surface area contributed by atoms with E-state index in [-0.39, 0.29) is 23.6 Å². The molecule has 0 unspecified atom stereocenters. The van der Waals surface area contributed by atoms with E-state index in [2.05, 4.69) is 16.0 Å². The molecule has 0 saturated carbocycles. The molecular weight excluding hydrogens is 482 g/mol. The van der Waals surface area contributed by atoms with Gasteiger partial charge in [0.05, 0.1) is 29.8 Å². The van der Waals surface area contributed by atoms with Crippen LogP contribution in [0.25, 0.3) is 21.4 Å². The first-order valence-corrected chi connectivity index (χ1v) is 12.7. The number of thiazole rings is 1. The van der Waals surface area contributed by atoms with Gasteiger partial charge in [0, 0.05) is 40.3 Å². The number of morpholine rings is 1. The molecule has 1 saturated heterocycles. The topological polar surface area (TPSA) is 107 Å². The number of imidazole rings is 1. The van der Waals surface area contributed by atoms with Crippen molar-refractivity contribution in [2.75, 3.05) is 44.3 Å². The summed E-state index contributed by atoms with van der Waals surface area (Å²) in [6.07, 6.45) is 1.44. The number of benzene rings is 1. The average molecular weight is 512 g/mol. The lowest BCUT2D eigenvalue weighted by atomic mass is 10.1. The Kier molecular flexibility index (Phi) is 6.49. The molecule has 5 rings (SSSR count). The quantitative estimate of drug-likeness (QED) is 0.380. The van der Waals surface area contributed by atoms with E-state index in [0.717, 1.165) is 39.0 Å². The molecule has 0 atom stereocenters. The Labute approximate surface area is 211 Å². The average Bonchev–Trinajstić information content (AvgIpc) is 3.49. The summed E-state index contributed by atoms with van der Waals surface area (Å²) in [5.74, 6) is -0.202. The third kappa shape index (κ3) is 4.25. The van der Waals surface area contributed by atoms with Crippen LogP contribution in [0, 0.1) is 13.8 Å². The molecule has 0 spiro atoms. The molecule has 1 aliphatic rings. The predicted molar refractivity (Wildman–Crippen MR) is 139 cm³/mol. The number of carbonyl (C=O) groups excluding carboxylic acids is 1. The number of hydrogen-bond acceptors (Lipinski definition) is 8. The summed E-state index contributed by atoms with van der Waals surface area (Å²) in [5.41, 5.74) is 2.67. The molecule has 3 aromatic heterocycles. The monoisotopic (exact) mass is 511 g/mol. The molecule has 0 N–H and O–H groups in total. The number of ether oxygens (including phenoxy) is 1. The van der Waals surface area contributed by atoms with Gasteiger partial charge in [-0.1, -0.05) is 17.4 Å². The van der Waals surface area contributed by atoms with Gasteiger partial charge in [-0.15, -0.1) is 0 Å². The number of rotatable bonds is 6. The lowest BCUT2D eigenvalue weighted by Crippen LogP contribution is -2.44. The van der Waals surface area contributed by atoms with Crippen molar-refractivity contribution in [2.24, 2.45) is 14.1 Å². The SMILES string of the molecule is Cc1ccc2sc(N(CCN3CCOCC3)C(=O)Cn3cnc4c3c(=O)n(C)c(=O)n4C)nc2c1C.